The first-order valence-corrected chi connectivity index (χ1v) is 8.27. The number of nitrogens with zero attached hydrogens (tertiary/aromatic N) is 1. The molecule has 0 amide bonds. The third-order valence-corrected chi connectivity index (χ3v) is 4.13. The molecule has 1 heterocycles. The van der Waals surface area contributed by atoms with Crippen molar-refractivity contribution in [2.24, 2.45) is 0 Å². The number of ether oxygens (including phenoxy) is 1. The van der Waals surface area contributed by atoms with Crippen LogP contribution >= 0.6 is 0 Å². The quantitative estimate of drug-likeness (QED) is 0.600. The molecule has 1 aliphatic heterocycles. The Morgan fingerprint density at radius 1 is 0.958 bits per heavy atom. The Labute approximate surface area is 142 Å². The number of rotatable bonds is 5. The average Bonchev–Trinajstić information content (AvgIpc) is 2.99. The molecule has 2 aromatic rings. The van der Waals surface area contributed by atoms with Crippen LogP contribution in [0.2, 0.25) is 0 Å². The highest BCUT2D eigenvalue weighted by Gasteiger charge is 2.21. The van der Waals surface area contributed by atoms with E-state index in [4.69, 9.17) is 4.74 Å². The summed E-state index contributed by atoms with van der Waals surface area (Å²) in [6.45, 7) is 6.24. The number of esters is 1. The summed E-state index contributed by atoms with van der Waals surface area (Å²) in [6.07, 6.45) is 3.67. The minimum atomic E-state index is -0.304. The van der Waals surface area contributed by atoms with Crippen LogP contribution in [-0.4, -0.2) is 19.1 Å². The van der Waals surface area contributed by atoms with Crippen molar-refractivity contribution in [3.05, 3.63) is 77.4 Å². The third-order valence-electron chi connectivity index (χ3n) is 4.13. The molecule has 0 saturated carbocycles. The molecule has 3 rings (SSSR count). The van der Waals surface area contributed by atoms with E-state index in [0.717, 1.165) is 24.2 Å². The normalized spacial score (nSPS) is 15.3. The molecule has 0 atom stereocenters. The largest absolute Gasteiger partial charge is 0.422 e. The predicted molar refractivity (Wildman–Crippen MR) is 98.5 cm³/mol. The zero-order valence-electron chi connectivity index (χ0n) is 14.0. The van der Waals surface area contributed by atoms with Gasteiger partial charge in [-0.25, -0.2) is 4.79 Å². The van der Waals surface area contributed by atoms with Gasteiger partial charge in [0.1, 0.15) is 5.76 Å². The lowest BCUT2D eigenvalue weighted by atomic mass is 10.1. The fourth-order valence-corrected chi connectivity index (χ4v) is 2.78. The van der Waals surface area contributed by atoms with Gasteiger partial charge in [-0.2, -0.15) is 0 Å². The van der Waals surface area contributed by atoms with E-state index in [1.807, 2.05) is 48.5 Å². The molecule has 122 valence electrons. The van der Waals surface area contributed by atoms with Crippen molar-refractivity contribution in [1.29, 1.82) is 0 Å². The zero-order chi connectivity index (χ0) is 16.9. The maximum Gasteiger partial charge on any atom is 0.343 e. The van der Waals surface area contributed by atoms with Crippen molar-refractivity contribution < 1.29 is 9.53 Å². The van der Waals surface area contributed by atoms with Gasteiger partial charge in [-0.05, 0) is 43.7 Å². The van der Waals surface area contributed by atoms with E-state index in [9.17, 15) is 4.79 Å². The molecule has 0 aromatic heterocycles. The average molecular weight is 319 g/mol. The minimum Gasteiger partial charge on any atom is -0.422 e. The van der Waals surface area contributed by atoms with Gasteiger partial charge in [-0.3, -0.25) is 0 Å². The molecule has 0 fully saturated rings. The van der Waals surface area contributed by atoms with Crippen LogP contribution in [0.25, 0.3) is 11.8 Å². The smallest absolute Gasteiger partial charge is 0.343 e. The molecule has 0 spiro atoms. The summed E-state index contributed by atoms with van der Waals surface area (Å²) in [5.74, 6) is 0.299. The van der Waals surface area contributed by atoms with Crippen LogP contribution in [0.3, 0.4) is 0 Å². The first kappa shape index (κ1) is 16.1. The lowest BCUT2D eigenvalue weighted by molar-refractivity contribution is -0.130. The van der Waals surface area contributed by atoms with Gasteiger partial charge >= 0.3 is 5.97 Å². The lowest BCUT2D eigenvalue weighted by Crippen LogP contribution is -2.21. The molecule has 0 saturated heterocycles. The second kappa shape index (κ2) is 7.18. The Morgan fingerprint density at radius 3 is 2.25 bits per heavy atom. The van der Waals surface area contributed by atoms with Crippen LogP contribution in [0.4, 0.5) is 5.69 Å². The second-order valence-electron chi connectivity index (χ2n) is 5.63. The molecule has 3 nitrogen and oxygen atoms in total. The van der Waals surface area contributed by atoms with Gasteiger partial charge in [0.05, 0.1) is 5.57 Å². The third kappa shape index (κ3) is 3.40. The molecular weight excluding hydrogens is 298 g/mol. The molecule has 2 aromatic carbocycles. The Bertz CT molecular complexity index is 769. The van der Waals surface area contributed by atoms with Gasteiger partial charge in [0.15, 0.2) is 0 Å². The first-order chi connectivity index (χ1) is 11.7. The van der Waals surface area contributed by atoms with Crippen molar-refractivity contribution in [1.82, 2.24) is 0 Å². The van der Waals surface area contributed by atoms with E-state index < -0.39 is 0 Å². The summed E-state index contributed by atoms with van der Waals surface area (Å²) >= 11 is 0. The van der Waals surface area contributed by atoms with Crippen LogP contribution in [-0.2, 0) is 9.53 Å². The maximum atomic E-state index is 12.1. The van der Waals surface area contributed by atoms with Crippen molar-refractivity contribution in [2.75, 3.05) is 18.0 Å². The number of hydrogen-bond acceptors (Lipinski definition) is 3. The van der Waals surface area contributed by atoms with Crippen LogP contribution in [0, 0.1) is 0 Å². The summed E-state index contributed by atoms with van der Waals surface area (Å²) in [4.78, 5) is 14.4. The first-order valence-electron chi connectivity index (χ1n) is 8.27. The van der Waals surface area contributed by atoms with Gasteiger partial charge in [0, 0.05) is 24.3 Å². The van der Waals surface area contributed by atoms with Gasteiger partial charge in [-0.15, -0.1) is 0 Å². The number of benzene rings is 2. The van der Waals surface area contributed by atoms with Crippen LogP contribution < -0.4 is 4.90 Å². The molecular formula is C21H21NO2. The molecule has 1 aliphatic rings. The summed E-state index contributed by atoms with van der Waals surface area (Å²) < 4.78 is 5.37. The van der Waals surface area contributed by atoms with E-state index in [1.165, 1.54) is 5.69 Å². The highest BCUT2D eigenvalue weighted by Crippen LogP contribution is 2.27. The van der Waals surface area contributed by atoms with E-state index in [-0.39, 0.29) is 5.97 Å². The number of hydrogen-bond donors (Lipinski definition) is 0. The number of carbonyl (C=O) groups excluding carboxylic acids is 1. The summed E-state index contributed by atoms with van der Waals surface area (Å²) in [6, 6.07) is 17.9. The Kier molecular flexibility index (Phi) is 4.80. The molecule has 3 heteroatoms. The number of carbonyl (C=O) groups is 1. The number of anilines is 1. The molecule has 0 aliphatic carbocycles. The van der Waals surface area contributed by atoms with Gasteiger partial charge in [0.25, 0.3) is 0 Å². The highest BCUT2D eigenvalue weighted by molar-refractivity contribution is 6.05. The van der Waals surface area contributed by atoms with E-state index in [2.05, 4.69) is 30.9 Å². The summed E-state index contributed by atoms with van der Waals surface area (Å²) in [7, 11) is 0. The number of cyclic esters (lactones) is 1. The van der Waals surface area contributed by atoms with Crippen molar-refractivity contribution in [3.8, 4) is 0 Å². The monoisotopic (exact) mass is 319 g/mol. The molecule has 0 N–H and O–H groups in total. The molecule has 0 radical (unpaired) electrons. The highest BCUT2D eigenvalue weighted by atomic mass is 16.5. The zero-order valence-corrected chi connectivity index (χ0v) is 14.0. The fraction of sp³-hybridized carbons (Fsp3) is 0.190. The Balaban J connectivity index is 1.83. The maximum absolute atomic E-state index is 12.1. The molecule has 0 bridgehead atoms. The Morgan fingerprint density at radius 2 is 1.62 bits per heavy atom. The molecule has 24 heavy (non-hydrogen) atoms. The predicted octanol–water partition coefficient (Wildman–Crippen LogP) is 4.51. The van der Waals surface area contributed by atoms with Crippen molar-refractivity contribution in [3.63, 3.8) is 0 Å². The van der Waals surface area contributed by atoms with Gasteiger partial charge in [0.2, 0.25) is 0 Å². The SMILES string of the molecule is CCN(CC)c1ccc(/C=C2/C=C(c3ccccc3)OC2=O)cc1. The Hall–Kier alpha value is -2.81. The standard InChI is InChI=1S/C21H21NO2/c1-3-22(4-2)19-12-10-16(11-13-19)14-18-15-20(24-21(18)23)17-8-6-5-7-9-17/h5-15H,3-4H2,1-2H3/b18-14-. The van der Waals surface area contributed by atoms with Crippen molar-refractivity contribution >= 4 is 23.5 Å². The van der Waals surface area contributed by atoms with Gasteiger partial charge < -0.3 is 9.64 Å². The van der Waals surface area contributed by atoms with Crippen LogP contribution in [0.5, 0.6) is 0 Å². The van der Waals surface area contributed by atoms with E-state index >= 15 is 0 Å². The lowest BCUT2D eigenvalue weighted by Gasteiger charge is -2.20. The van der Waals surface area contributed by atoms with E-state index in [0.29, 0.717) is 11.3 Å². The fourth-order valence-electron chi connectivity index (χ4n) is 2.78. The van der Waals surface area contributed by atoms with Crippen LogP contribution in [0.1, 0.15) is 25.0 Å². The van der Waals surface area contributed by atoms with E-state index in [1.54, 1.807) is 6.08 Å². The minimum absolute atomic E-state index is 0.304. The molecule has 0 unspecified atom stereocenters. The second-order valence-corrected chi connectivity index (χ2v) is 5.63. The van der Waals surface area contributed by atoms with Crippen molar-refractivity contribution in [2.45, 2.75) is 13.8 Å². The topological polar surface area (TPSA) is 29.5 Å². The van der Waals surface area contributed by atoms with Gasteiger partial charge in [-0.1, -0.05) is 42.5 Å². The van der Waals surface area contributed by atoms with Crippen LogP contribution in [0.15, 0.2) is 66.2 Å². The summed E-state index contributed by atoms with van der Waals surface area (Å²) in [5, 5.41) is 0. The summed E-state index contributed by atoms with van der Waals surface area (Å²) in [5.41, 5.74) is 3.66.